The van der Waals surface area contributed by atoms with E-state index in [-0.39, 0.29) is 5.91 Å². The average molecular weight is 535 g/mol. The van der Waals surface area contributed by atoms with Gasteiger partial charge in [-0.15, -0.1) is 5.48 Å². The van der Waals surface area contributed by atoms with Crippen molar-refractivity contribution in [2.24, 2.45) is 0 Å². The molecule has 1 aliphatic heterocycles. The Hall–Kier alpha value is -4.55. The van der Waals surface area contributed by atoms with E-state index in [1.54, 1.807) is 6.08 Å². The lowest BCUT2D eigenvalue weighted by molar-refractivity contribution is -0.123. The molecule has 0 fully saturated rings. The van der Waals surface area contributed by atoms with Gasteiger partial charge in [0.05, 0.1) is 5.56 Å². The van der Waals surface area contributed by atoms with Crippen LogP contribution in [-0.2, 0) is 35.7 Å². The second kappa shape index (κ2) is 13.5. The predicted molar refractivity (Wildman–Crippen MR) is 157 cm³/mol. The first kappa shape index (κ1) is 27.0. The lowest BCUT2D eigenvalue weighted by atomic mass is 9.99. The molecule has 204 valence electrons. The number of amides is 1. The lowest BCUT2D eigenvalue weighted by Crippen LogP contribution is -2.39. The van der Waals surface area contributed by atoms with E-state index in [0.717, 1.165) is 40.8 Å². The van der Waals surface area contributed by atoms with E-state index < -0.39 is 6.04 Å². The van der Waals surface area contributed by atoms with E-state index >= 15 is 0 Å². The van der Waals surface area contributed by atoms with Crippen LogP contribution >= 0.6 is 0 Å². The smallest absolute Gasteiger partial charge is 0.244 e. The monoisotopic (exact) mass is 534 g/mol. The summed E-state index contributed by atoms with van der Waals surface area (Å²) in [6, 6.07) is 34.0. The first-order valence-corrected chi connectivity index (χ1v) is 13.7. The Morgan fingerprint density at radius 2 is 1.35 bits per heavy atom. The second-order valence-corrected chi connectivity index (χ2v) is 9.61. The SMILES string of the molecule is CCNC(=O)C1C=C(c2cc(CCc3ccccc3)c(OCc3ccccc3)cc2OCc2ccccc2)ON1. The standard InChI is InChI=1S/C34H34N2O4/c1-2-35-34(37)30-21-33(40-36-30)29-20-28(19-18-25-12-6-3-7-13-25)31(38-23-26-14-8-4-9-15-26)22-32(29)39-24-27-16-10-5-11-17-27/h3-17,20-22,30,36H,2,18-19,23-24H2,1H3,(H,35,37). The van der Waals surface area contributed by atoms with Gasteiger partial charge in [0.25, 0.3) is 0 Å². The van der Waals surface area contributed by atoms with Gasteiger partial charge in [-0.25, -0.2) is 0 Å². The number of rotatable bonds is 12. The quantitative estimate of drug-likeness (QED) is 0.233. The average Bonchev–Trinajstić information content (AvgIpc) is 3.50. The molecular weight excluding hydrogens is 500 g/mol. The number of aryl methyl sites for hydroxylation is 2. The van der Waals surface area contributed by atoms with Crippen LogP contribution in [0.15, 0.2) is 109 Å². The number of carbonyl (C=O) groups is 1. The molecule has 1 atom stereocenters. The Bertz CT molecular complexity index is 1420. The molecule has 4 aromatic carbocycles. The highest BCUT2D eigenvalue weighted by Gasteiger charge is 2.27. The van der Waals surface area contributed by atoms with Crippen LogP contribution in [0.4, 0.5) is 0 Å². The van der Waals surface area contributed by atoms with Gasteiger partial charge >= 0.3 is 0 Å². The van der Waals surface area contributed by atoms with Crippen molar-refractivity contribution in [1.29, 1.82) is 0 Å². The van der Waals surface area contributed by atoms with Gasteiger partial charge in [-0.05, 0) is 54.2 Å². The van der Waals surface area contributed by atoms with Crippen molar-refractivity contribution >= 4 is 11.7 Å². The van der Waals surface area contributed by atoms with Gasteiger partial charge in [0.15, 0.2) is 5.76 Å². The minimum absolute atomic E-state index is 0.142. The molecule has 0 saturated carbocycles. The number of nitrogens with one attached hydrogen (secondary N) is 2. The maximum Gasteiger partial charge on any atom is 0.244 e. The summed E-state index contributed by atoms with van der Waals surface area (Å²) in [7, 11) is 0. The van der Waals surface area contributed by atoms with E-state index in [0.29, 0.717) is 31.3 Å². The number of ether oxygens (including phenoxy) is 2. The molecule has 0 bridgehead atoms. The van der Waals surface area contributed by atoms with Crippen LogP contribution in [0.5, 0.6) is 11.5 Å². The lowest BCUT2D eigenvalue weighted by Gasteiger charge is -2.18. The van der Waals surface area contributed by atoms with Crippen molar-refractivity contribution < 1.29 is 19.1 Å². The molecule has 2 N–H and O–H groups in total. The fraction of sp³-hybridized carbons (Fsp3) is 0.206. The third-order valence-corrected chi connectivity index (χ3v) is 6.68. The van der Waals surface area contributed by atoms with Gasteiger partial charge < -0.3 is 19.6 Å². The molecule has 4 aromatic rings. The molecule has 0 aliphatic carbocycles. The highest BCUT2D eigenvalue weighted by molar-refractivity contribution is 5.87. The van der Waals surface area contributed by atoms with Gasteiger partial charge in [-0.1, -0.05) is 91.0 Å². The molecule has 1 heterocycles. The molecule has 0 aromatic heterocycles. The maximum atomic E-state index is 12.5. The molecular formula is C34H34N2O4. The summed E-state index contributed by atoms with van der Waals surface area (Å²) in [5.74, 6) is 1.80. The summed E-state index contributed by atoms with van der Waals surface area (Å²) in [4.78, 5) is 18.3. The van der Waals surface area contributed by atoms with Gasteiger partial charge in [0.1, 0.15) is 30.8 Å². The number of benzene rings is 4. The number of hydrogen-bond acceptors (Lipinski definition) is 5. The summed E-state index contributed by atoms with van der Waals surface area (Å²) in [5, 5.41) is 2.83. The van der Waals surface area contributed by atoms with E-state index in [1.165, 1.54) is 5.56 Å². The van der Waals surface area contributed by atoms with Gasteiger partial charge in [0.2, 0.25) is 5.91 Å². The summed E-state index contributed by atoms with van der Waals surface area (Å²) in [6.45, 7) is 3.26. The van der Waals surface area contributed by atoms with Crippen LogP contribution < -0.4 is 20.3 Å². The van der Waals surface area contributed by atoms with Crippen molar-refractivity contribution in [3.63, 3.8) is 0 Å². The third-order valence-electron chi connectivity index (χ3n) is 6.68. The summed E-state index contributed by atoms with van der Waals surface area (Å²) < 4.78 is 12.8. The highest BCUT2D eigenvalue weighted by Crippen LogP contribution is 2.37. The fourth-order valence-corrected chi connectivity index (χ4v) is 4.55. The molecule has 1 aliphatic rings. The van der Waals surface area contributed by atoms with Crippen LogP contribution in [0.1, 0.15) is 34.7 Å². The van der Waals surface area contributed by atoms with Crippen LogP contribution in [0.2, 0.25) is 0 Å². The minimum Gasteiger partial charge on any atom is -0.488 e. The first-order chi connectivity index (χ1) is 19.7. The Labute approximate surface area is 235 Å². The first-order valence-electron chi connectivity index (χ1n) is 13.7. The molecule has 1 amide bonds. The zero-order valence-electron chi connectivity index (χ0n) is 22.6. The van der Waals surface area contributed by atoms with Crippen molar-refractivity contribution in [1.82, 2.24) is 10.8 Å². The maximum absolute atomic E-state index is 12.5. The van der Waals surface area contributed by atoms with Crippen LogP contribution in [0.25, 0.3) is 5.76 Å². The van der Waals surface area contributed by atoms with Crippen molar-refractivity contribution in [2.75, 3.05) is 6.54 Å². The Kier molecular flexibility index (Phi) is 9.12. The topological polar surface area (TPSA) is 68.8 Å². The highest BCUT2D eigenvalue weighted by atomic mass is 16.7. The predicted octanol–water partition coefficient (Wildman–Crippen LogP) is 6.01. The number of hydrogen-bond donors (Lipinski definition) is 2. The molecule has 40 heavy (non-hydrogen) atoms. The van der Waals surface area contributed by atoms with Crippen molar-refractivity contribution in [3.05, 3.63) is 137 Å². The van der Waals surface area contributed by atoms with Crippen LogP contribution in [0.3, 0.4) is 0 Å². The molecule has 6 nitrogen and oxygen atoms in total. The van der Waals surface area contributed by atoms with Crippen LogP contribution in [0, 0.1) is 0 Å². The fourth-order valence-electron chi connectivity index (χ4n) is 4.55. The zero-order valence-corrected chi connectivity index (χ0v) is 22.6. The molecule has 0 spiro atoms. The van der Waals surface area contributed by atoms with Gasteiger partial charge in [0, 0.05) is 12.6 Å². The van der Waals surface area contributed by atoms with Gasteiger partial charge in [-0.3, -0.25) is 4.79 Å². The van der Waals surface area contributed by atoms with Gasteiger partial charge in [-0.2, -0.15) is 0 Å². The Balaban J connectivity index is 1.49. The normalized spacial score (nSPS) is 14.2. The van der Waals surface area contributed by atoms with Crippen LogP contribution in [-0.4, -0.2) is 18.5 Å². The number of carbonyl (C=O) groups excluding carboxylic acids is 1. The van der Waals surface area contributed by atoms with E-state index in [9.17, 15) is 4.79 Å². The zero-order chi connectivity index (χ0) is 27.6. The molecule has 0 radical (unpaired) electrons. The second-order valence-electron chi connectivity index (χ2n) is 9.61. The summed E-state index contributed by atoms with van der Waals surface area (Å²) >= 11 is 0. The largest absolute Gasteiger partial charge is 0.488 e. The summed E-state index contributed by atoms with van der Waals surface area (Å²) in [5.41, 5.74) is 8.02. The Morgan fingerprint density at radius 3 is 1.95 bits per heavy atom. The summed E-state index contributed by atoms with van der Waals surface area (Å²) in [6.07, 6.45) is 3.41. The Morgan fingerprint density at radius 1 is 0.775 bits per heavy atom. The minimum atomic E-state index is -0.585. The van der Waals surface area contributed by atoms with E-state index in [1.807, 2.05) is 67.6 Å². The molecule has 0 saturated heterocycles. The van der Waals surface area contributed by atoms with E-state index in [4.69, 9.17) is 14.3 Å². The molecule has 5 rings (SSSR count). The van der Waals surface area contributed by atoms with Crippen molar-refractivity contribution in [2.45, 2.75) is 39.0 Å². The number of likely N-dealkylation sites (N-methyl/N-ethyl adjacent to an activating group) is 1. The molecule has 6 heteroatoms. The van der Waals surface area contributed by atoms with E-state index in [2.05, 4.69) is 53.3 Å². The van der Waals surface area contributed by atoms with Crippen molar-refractivity contribution in [3.8, 4) is 11.5 Å². The molecule has 1 unspecified atom stereocenters. The third kappa shape index (κ3) is 7.10. The number of hydroxylamine groups is 1.